The van der Waals surface area contributed by atoms with Crippen molar-refractivity contribution in [2.75, 3.05) is 7.11 Å². The van der Waals surface area contributed by atoms with Gasteiger partial charge in [0, 0.05) is 29.2 Å². The molecule has 5 nitrogen and oxygen atoms in total. The number of benzene rings is 2. The summed E-state index contributed by atoms with van der Waals surface area (Å²) in [6.45, 7) is 0. The molecule has 0 spiro atoms. The Morgan fingerprint density at radius 3 is 2.73 bits per heavy atom. The van der Waals surface area contributed by atoms with Crippen molar-refractivity contribution in [2.24, 2.45) is 0 Å². The van der Waals surface area contributed by atoms with Crippen molar-refractivity contribution in [1.29, 1.82) is 0 Å². The molecule has 0 aliphatic rings. The van der Waals surface area contributed by atoms with Crippen LogP contribution in [0.25, 0.3) is 27.5 Å². The van der Waals surface area contributed by atoms with Crippen LogP contribution in [0.1, 0.15) is 0 Å². The zero-order chi connectivity index (χ0) is 15.1. The number of methoxy groups -OCH3 is 1. The number of aromatic amines is 1. The number of aromatic nitrogens is 3. The minimum absolute atomic E-state index is 0.0362. The predicted molar refractivity (Wildman–Crippen MR) is 85.7 cm³/mol. The van der Waals surface area contributed by atoms with Gasteiger partial charge in [-0.15, -0.1) is 0 Å². The van der Waals surface area contributed by atoms with Crippen molar-refractivity contribution >= 4 is 21.8 Å². The molecule has 0 bridgehead atoms. The molecular formula is C17H13N3O2. The van der Waals surface area contributed by atoms with E-state index in [0.717, 1.165) is 27.7 Å². The Morgan fingerprint density at radius 1 is 1.14 bits per heavy atom. The molecule has 5 heteroatoms. The van der Waals surface area contributed by atoms with Gasteiger partial charge in [0.05, 0.1) is 23.8 Å². The molecule has 2 aromatic heterocycles. The monoisotopic (exact) mass is 291 g/mol. The fourth-order valence-corrected chi connectivity index (χ4v) is 2.66. The van der Waals surface area contributed by atoms with Gasteiger partial charge >= 0.3 is 0 Å². The van der Waals surface area contributed by atoms with E-state index in [-0.39, 0.29) is 5.43 Å². The normalized spacial score (nSPS) is 11.1. The minimum Gasteiger partial charge on any atom is -0.497 e. The van der Waals surface area contributed by atoms with Crippen molar-refractivity contribution in [3.05, 3.63) is 65.1 Å². The van der Waals surface area contributed by atoms with Crippen LogP contribution in [0.4, 0.5) is 0 Å². The summed E-state index contributed by atoms with van der Waals surface area (Å²) in [5.41, 5.74) is 2.64. The van der Waals surface area contributed by atoms with E-state index < -0.39 is 0 Å². The largest absolute Gasteiger partial charge is 0.497 e. The maximum atomic E-state index is 11.5. The number of ether oxygens (including phenoxy) is 1. The van der Waals surface area contributed by atoms with Crippen LogP contribution in [0.15, 0.2) is 59.7 Å². The van der Waals surface area contributed by atoms with Gasteiger partial charge in [-0.1, -0.05) is 0 Å². The van der Waals surface area contributed by atoms with Crippen LogP contribution >= 0.6 is 0 Å². The number of nitrogens with one attached hydrogen (secondary N) is 1. The van der Waals surface area contributed by atoms with Gasteiger partial charge in [0.15, 0.2) is 5.43 Å². The first-order chi connectivity index (χ1) is 10.8. The molecule has 1 N–H and O–H groups in total. The molecule has 0 aliphatic heterocycles. The lowest BCUT2D eigenvalue weighted by atomic mass is 10.1. The maximum absolute atomic E-state index is 11.5. The van der Waals surface area contributed by atoms with Crippen LogP contribution < -0.4 is 10.2 Å². The summed E-state index contributed by atoms with van der Waals surface area (Å²) < 4.78 is 7.17. The molecule has 0 fully saturated rings. The second-order valence-electron chi connectivity index (χ2n) is 5.05. The molecule has 108 valence electrons. The molecule has 0 radical (unpaired) electrons. The van der Waals surface area contributed by atoms with E-state index in [1.165, 1.54) is 0 Å². The first-order valence-electron chi connectivity index (χ1n) is 6.89. The summed E-state index contributed by atoms with van der Waals surface area (Å²) >= 11 is 0. The van der Waals surface area contributed by atoms with Crippen LogP contribution in [-0.4, -0.2) is 21.9 Å². The standard InChI is InChI=1S/C17H13N3O2/c1-22-14-5-2-12(3-6-14)20-17-11(10-19-20)9-18-16-8-13(21)4-7-15(16)17/h2-10,19H,1H3. The molecule has 0 aliphatic carbocycles. The third-order valence-electron chi connectivity index (χ3n) is 3.74. The van der Waals surface area contributed by atoms with Crippen LogP contribution in [0.2, 0.25) is 0 Å². The number of H-pyrrole nitrogens is 1. The smallest absolute Gasteiger partial charge is 0.180 e. The first kappa shape index (κ1) is 12.6. The predicted octanol–water partition coefficient (Wildman–Crippen LogP) is 2.88. The summed E-state index contributed by atoms with van der Waals surface area (Å²) in [5.74, 6) is 0.808. The molecule has 0 saturated carbocycles. The lowest BCUT2D eigenvalue weighted by Gasteiger charge is -2.08. The number of hydrogen-bond acceptors (Lipinski definition) is 3. The molecule has 0 unspecified atom stereocenters. The van der Waals surface area contributed by atoms with Crippen molar-refractivity contribution in [2.45, 2.75) is 0 Å². The molecule has 0 saturated heterocycles. The highest BCUT2D eigenvalue weighted by Crippen LogP contribution is 2.25. The van der Waals surface area contributed by atoms with E-state index in [1.807, 2.05) is 41.2 Å². The Labute approximate surface area is 125 Å². The first-order valence-corrected chi connectivity index (χ1v) is 6.89. The summed E-state index contributed by atoms with van der Waals surface area (Å²) in [6.07, 6.45) is 3.67. The number of pyridine rings is 1. The van der Waals surface area contributed by atoms with E-state index in [0.29, 0.717) is 5.52 Å². The van der Waals surface area contributed by atoms with Gasteiger partial charge in [-0.25, -0.2) is 0 Å². The third-order valence-corrected chi connectivity index (χ3v) is 3.74. The zero-order valence-electron chi connectivity index (χ0n) is 11.9. The van der Waals surface area contributed by atoms with E-state index in [9.17, 15) is 4.79 Å². The van der Waals surface area contributed by atoms with Crippen molar-refractivity contribution in [1.82, 2.24) is 14.8 Å². The molecular weight excluding hydrogens is 278 g/mol. The topological polar surface area (TPSA) is 59.9 Å². The number of nitrogens with zero attached hydrogens (tertiary/aromatic N) is 2. The Balaban J connectivity index is 2.03. The summed E-state index contributed by atoms with van der Waals surface area (Å²) in [5, 5.41) is 5.16. The average molecular weight is 291 g/mol. The second-order valence-corrected chi connectivity index (χ2v) is 5.05. The highest BCUT2D eigenvalue weighted by Gasteiger charge is 2.09. The fourth-order valence-electron chi connectivity index (χ4n) is 2.66. The molecule has 2 heterocycles. The summed E-state index contributed by atoms with van der Waals surface area (Å²) in [6, 6.07) is 12.7. The fraction of sp³-hybridized carbons (Fsp3) is 0.0588. The number of fused-ring (bicyclic) bond motifs is 3. The van der Waals surface area contributed by atoms with Gasteiger partial charge in [-0.05, 0) is 36.4 Å². The summed E-state index contributed by atoms with van der Waals surface area (Å²) in [4.78, 5) is 15.9. The van der Waals surface area contributed by atoms with Crippen LogP contribution in [-0.2, 0) is 0 Å². The van der Waals surface area contributed by atoms with E-state index in [2.05, 4.69) is 10.1 Å². The zero-order valence-corrected chi connectivity index (χ0v) is 11.9. The van der Waals surface area contributed by atoms with Gasteiger partial charge in [-0.2, -0.15) is 0 Å². The van der Waals surface area contributed by atoms with Crippen LogP contribution in [0.3, 0.4) is 0 Å². The van der Waals surface area contributed by atoms with E-state index >= 15 is 0 Å². The Morgan fingerprint density at radius 2 is 1.95 bits per heavy atom. The lowest BCUT2D eigenvalue weighted by Crippen LogP contribution is -1.99. The Kier molecular flexibility index (Phi) is 2.72. The molecule has 0 amide bonds. The SMILES string of the molecule is COc1ccc(-n2[nH]cc3cnc4cc(=O)ccc4c32)cc1. The minimum atomic E-state index is -0.0362. The molecule has 0 atom stereocenters. The summed E-state index contributed by atoms with van der Waals surface area (Å²) in [7, 11) is 1.64. The van der Waals surface area contributed by atoms with Crippen LogP contribution in [0, 0.1) is 0 Å². The highest BCUT2D eigenvalue weighted by atomic mass is 16.5. The molecule has 22 heavy (non-hydrogen) atoms. The quantitative estimate of drug-likeness (QED) is 0.618. The van der Waals surface area contributed by atoms with Crippen molar-refractivity contribution in [3.63, 3.8) is 0 Å². The van der Waals surface area contributed by atoms with Crippen molar-refractivity contribution < 1.29 is 4.74 Å². The molecule has 2 aromatic carbocycles. The number of hydrogen-bond donors (Lipinski definition) is 1. The average Bonchev–Trinajstić information content (AvgIpc) is 2.99. The maximum Gasteiger partial charge on any atom is 0.180 e. The van der Waals surface area contributed by atoms with Gasteiger partial charge in [0.1, 0.15) is 5.75 Å². The van der Waals surface area contributed by atoms with Crippen LogP contribution in [0.5, 0.6) is 5.75 Å². The Hall–Kier alpha value is -3.08. The second kappa shape index (κ2) is 4.73. The van der Waals surface area contributed by atoms with E-state index in [1.54, 1.807) is 25.4 Å². The molecule has 4 rings (SSSR count). The van der Waals surface area contributed by atoms with Gasteiger partial charge in [-0.3, -0.25) is 14.5 Å². The Bertz CT molecular complexity index is 1030. The van der Waals surface area contributed by atoms with Gasteiger partial charge < -0.3 is 9.84 Å². The van der Waals surface area contributed by atoms with E-state index in [4.69, 9.17) is 4.74 Å². The van der Waals surface area contributed by atoms with Gasteiger partial charge in [0.25, 0.3) is 0 Å². The number of rotatable bonds is 2. The van der Waals surface area contributed by atoms with Crippen molar-refractivity contribution in [3.8, 4) is 11.4 Å². The molecule has 4 aromatic rings. The highest BCUT2D eigenvalue weighted by molar-refractivity contribution is 6.03. The lowest BCUT2D eigenvalue weighted by molar-refractivity contribution is 0.414. The third kappa shape index (κ3) is 1.87. The van der Waals surface area contributed by atoms with Gasteiger partial charge in [0.2, 0.25) is 0 Å².